The van der Waals surface area contributed by atoms with E-state index in [-0.39, 0.29) is 18.3 Å². The third-order valence-electron chi connectivity index (χ3n) is 2.49. The van der Waals surface area contributed by atoms with Gasteiger partial charge in [0.2, 0.25) is 0 Å². The molecule has 0 heterocycles. The van der Waals surface area contributed by atoms with Gasteiger partial charge in [0.15, 0.2) is 0 Å². The number of hydrogen-bond acceptors (Lipinski definition) is 3. The van der Waals surface area contributed by atoms with Crippen LogP contribution in [0.2, 0.25) is 0 Å². The second kappa shape index (κ2) is 6.17. The summed E-state index contributed by atoms with van der Waals surface area (Å²) in [5.41, 5.74) is 5.32. The topological polar surface area (TPSA) is 90.5 Å². The second-order valence-electron chi connectivity index (χ2n) is 3.73. The van der Waals surface area contributed by atoms with Crippen molar-refractivity contribution in [3.8, 4) is 0 Å². The van der Waals surface area contributed by atoms with E-state index in [0.29, 0.717) is 13.1 Å². The second-order valence-corrected chi connectivity index (χ2v) is 5.76. The maximum atomic E-state index is 12.0. The monoisotopic (exact) mass is 250 g/mol. The molecule has 0 bridgehead atoms. The first-order chi connectivity index (χ1) is 7.27. The SMILES string of the molecule is CCN(CC)S(=O)(=O)N(C)CC(C)C(=N)N. The highest BCUT2D eigenvalue weighted by molar-refractivity contribution is 7.86. The minimum atomic E-state index is -3.42. The number of hydrogen-bond donors (Lipinski definition) is 2. The highest BCUT2D eigenvalue weighted by Gasteiger charge is 2.25. The number of rotatable bonds is 7. The van der Waals surface area contributed by atoms with Crippen LogP contribution in [0.15, 0.2) is 0 Å². The molecule has 0 aromatic carbocycles. The van der Waals surface area contributed by atoms with Crippen LogP contribution in [0.25, 0.3) is 0 Å². The number of nitrogens with two attached hydrogens (primary N) is 1. The summed E-state index contributed by atoms with van der Waals surface area (Å²) in [7, 11) is -1.91. The van der Waals surface area contributed by atoms with Crippen molar-refractivity contribution in [1.29, 1.82) is 5.41 Å². The zero-order chi connectivity index (χ0) is 12.9. The lowest BCUT2D eigenvalue weighted by molar-refractivity contribution is 0.367. The molecular formula is C9H22N4O2S. The molecule has 96 valence electrons. The van der Waals surface area contributed by atoms with E-state index in [1.807, 2.05) is 0 Å². The molecule has 0 rings (SSSR count). The molecule has 0 amide bonds. The largest absolute Gasteiger partial charge is 0.387 e. The van der Waals surface area contributed by atoms with Crippen LogP contribution in [0.5, 0.6) is 0 Å². The van der Waals surface area contributed by atoms with Crippen LogP contribution >= 0.6 is 0 Å². The Balaban J connectivity index is 4.70. The molecule has 0 saturated heterocycles. The van der Waals surface area contributed by atoms with Crippen LogP contribution in [0, 0.1) is 11.3 Å². The van der Waals surface area contributed by atoms with Gasteiger partial charge in [-0.1, -0.05) is 20.8 Å². The van der Waals surface area contributed by atoms with Gasteiger partial charge in [-0.2, -0.15) is 17.0 Å². The average Bonchev–Trinajstić information content (AvgIpc) is 2.18. The van der Waals surface area contributed by atoms with Gasteiger partial charge in [0.25, 0.3) is 10.2 Å². The lowest BCUT2D eigenvalue weighted by atomic mass is 10.2. The maximum Gasteiger partial charge on any atom is 0.281 e. The first-order valence-electron chi connectivity index (χ1n) is 5.32. The van der Waals surface area contributed by atoms with E-state index in [9.17, 15) is 8.42 Å². The number of amidine groups is 1. The van der Waals surface area contributed by atoms with Gasteiger partial charge >= 0.3 is 0 Å². The Morgan fingerprint density at radius 2 is 1.81 bits per heavy atom. The maximum absolute atomic E-state index is 12.0. The Morgan fingerprint density at radius 1 is 1.38 bits per heavy atom. The minimum Gasteiger partial charge on any atom is -0.387 e. The molecule has 6 nitrogen and oxygen atoms in total. The summed E-state index contributed by atoms with van der Waals surface area (Å²) >= 11 is 0. The van der Waals surface area contributed by atoms with Gasteiger partial charge in [0.05, 0.1) is 5.84 Å². The third kappa shape index (κ3) is 3.73. The van der Waals surface area contributed by atoms with Gasteiger partial charge in [-0.05, 0) is 0 Å². The molecule has 0 aliphatic rings. The van der Waals surface area contributed by atoms with Crippen LogP contribution in [0.3, 0.4) is 0 Å². The lowest BCUT2D eigenvalue weighted by Crippen LogP contribution is -2.44. The van der Waals surface area contributed by atoms with Gasteiger partial charge in [0.1, 0.15) is 0 Å². The van der Waals surface area contributed by atoms with Crippen LogP contribution in [-0.2, 0) is 10.2 Å². The van der Waals surface area contributed by atoms with Gasteiger partial charge in [-0.15, -0.1) is 0 Å². The first kappa shape index (κ1) is 15.3. The van der Waals surface area contributed by atoms with Crippen LogP contribution in [-0.4, -0.2) is 49.5 Å². The molecule has 0 aliphatic carbocycles. The molecule has 1 atom stereocenters. The highest BCUT2D eigenvalue weighted by atomic mass is 32.2. The normalized spacial score (nSPS) is 14.4. The zero-order valence-corrected chi connectivity index (χ0v) is 11.2. The Kier molecular flexibility index (Phi) is 5.91. The van der Waals surface area contributed by atoms with E-state index in [2.05, 4.69) is 0 Å². The fraction of sp³-hybridized carbons (Fsp3) is 0.889. The van der Waals surface area contributed by atoms with E-state index >= 15 is 0 Å². The highest BCUT2D eigenvalue weighted by Crippen LogP contribution is 2.08. The molecule has 16 heavy (non-hydrogen) atoms. The summed E-state index contributed by atoms with van der Waals surface area (Å²) in [6.07, 6.45) is 0. The summed E-state index contributed by atoms with van der Waals surface area (Å²) < 4.78 is 26.6. The zero-order valence-electron chi connectivity index (χ0n) is 10.4. The van der Waals surface area contributed by atoms with E-state index in [1.165, 1.54) is 15.7 Å². The summed E-state index contributed by atoms with van der Waals surface area (Å²) in [5, 5.41) is 7.24. The third-order valence-corrected chi connectivity index (χ3v) is 4.59. The Labute approximate surface area is 98.1 Å². The summed E-state index contributed by atoms with van der Waals surface area (Å²) in [6, 6.07) is 0. The number of nitrogens with zero attached hydrogens (tertiary/aromatic N) is 2. The van der Waals surface area contributed by atoms with Gasteiger partial charge < -0.3 is 5.73 Å². The van der Waals surface area contributed by atoms with Crippen molar-refractivity contribution in [2.45, 2.75) is 20.8 Å². The number of nitrogens with one attached hydrogen (secondary N) is 1. The Morgan fingerprint density at radius 3 is 2.12 bits per heavy atom. The molecule has 0 fully saturated rings. The Hall–Kier alpha value is -0.660. The molecule has 1 unspecified atom stereocenters. The molecule has 0 spiro atoms. The molecule has 0 radical (unpaired) electrons. The molecule has 0 aromatic heterocycles. The van der Waals surface area contributed by atoms with Crippen LogP contribution in [0.4, 0.5) is 0 Å². The summed E-state index contributed by atoms with van der Waals surface area (Å²) in [6.45, 7) is 6.44. The fourth-order valence-electron chi connectivity index (χ4n) is 1.33. The summed E-state index contributed by atoms with van der Waals surface area (Å²) in [4.78, 5) is 0. The summed E-state index contributed by atoms with van der Waals surface area (Å²) in [5.74, 6) is -0.267. The van der Waals surface area contributed by atoms with Crippen molar-refractivity contribution in [3.63, 3.8) is 0 Å². The predicted molar refractivity (Wildman–Crippen MR) is 65.5 cm³/mol. The smallest absolute Gasteiger partial charge is 0.281 e. The minimum absolute atomic E-state index is 0.00148. The Bertz CT molecular complexity index is 324. The van der Waals surface area contributed by atoms with E-state index in [0.717, 1.165) is 0 Å². The van der Waals surface area contributed by atoms with Crippen molar-refractivity contribution >= 4 is 16.0 Å². The molecular weight excluding hydrogens is 228 g/mol. The van der Waals surface area contributed by atoms with Crippen LogP contribution in [0.1, 0.15) is 20.8 Å². The van der Waals surface area contributed by atoms with Crippen molar-refractivity contribution in [2.24, 2.45) is 11.7 Å². The molecule has 0 aliphatic heterocycles. The van der Waals surface area contributed by atoms with Crippen LogP contribution < -0.4 is 5.73 Å². The van der Waals surface area contributed by atoms with Crippen molar-refractivity contribution in [3.05, 3.63) is 0 Å². The van der Waals surface area contributed by atoms with Crippen molar-refractivity contribution in [2.75, 3.05) is 26.7 Å². The average molecular weight is 250 g/mol. The van der Waals surface area contributed by atoms with Crippen molar-refractivity contribution in [1.82, 2.24) is 8.61 Å². The molecule has 0 saturated carbocycles. The lowest BCUT2D eigenvalue weighted by Gasteiger charge is -2.27. The van der Waals surface area contributed by atoms with E-state index in [1.54, 1.807) is 20.8 Å². The van der Waals surface area contributed by atoms with Gasteiger partial charge in [-0.25, -0.2) is 0 Å². The van der Waals surface area contributed by atoms with Gasteiger partial charge in [-0.3, -0.25) is 5.41 Å². The molecule has 0 aromatic rings. The van der Waals surface area contributed by atoms with E-state index in [4.69, 9.17) is 11.1 Å². The van der Waals surface area contributed by atoms with Crippen molar-refractivity contribution < 1.29 is 8.42 Å². The van der Waals surface area contributed by atoms with Gasteiger partial charge in [0, 0.05) is 32.6 Å². The predicted octanol–water partition coefficient (Wildman–Crippen LogP) is 0.0769. The van der Waals surface area contributed by atoms with E-state index < -0.39 is 10.2 Å². The first-order valence-corrected chi connectivity index (χ1v) is 6.72. The quantitative estimate of drug-likeness (QED) is 0.495. The molecule has 7 heteroatoms. The fourth-order valence-corrected chi connectivity index (χ4v) is 2.78. The standard InChI is InChI=1S/C9H22N4O2S/c1-5-13(6-2)16(14,15)12(4)7-8(3)9(10)11/h8H,5-7H2,1-4H3,(H3,10,11). The molecule has 3 N–H and O–H groups in total.